The van der Waals surface area contributed by atoms with Crippen LogP contribution in [-0.4, -0.2) is 35.8 Å². The number of nitrogens with zero attached hydrogens (tertiary/aromatic N) is 1. The summed E-state index contributed by atoms with van der Waals surface area (Å²) in [6.45, 7) is 3.32. The third-order valence-electron chi connectivity index (χ3n) is 4.80. The second kappa shape index (κ2) is 6.69. The molecule has 1 aliphatic carbocycles. The maximum absolute atomic E-state index is 13.3. The molecule has 1 heterocycles. The third-order valence-corrected chi connectivity index (χ3v) is 4.80. The Morgan fingerprint density at radius 3 is 2.70 bits per heavy atom. The van der Waals surface area contributed by atoms with Crippen LogP contribution < -0.4 is 5.32 Å². The van der Waals surface area contributed by atoms with E-state index in [1.54, 1.807) is 13.0 Å². The van der Waals surface area contributed by atoms with Crippen LogP contribution in [0.5, 0.6) is 0 Å². The number of rotatable bonds is 4. The van der Waals surface area contributed by atoms with Crippen molar-refractivity contribution in [1.29, 1.82) is 0 Å². The highest BCUT2D eigenvalue weighted by atomic mass is 19.1. The van der Waals surface area contributed by atoms with Gasteiger partial charge in [-0.25, -0.2) is 4.39 Å². The van der Waals surface area contributed by atoms with Crippen LogP contribution in [0.15, 0.2) is 24.3 Å². The molecule has 1 aromatic rings. The van der Waals surface area contributed by atoms with Crippen LogP contribution in [0.2, 0.25) is 0 Å². The molecule has 0 spiro atoms. The van der Waals surface area contributed by atoms with Crippen molar-refractivity contribution in [3.05, 3.63) is 35.6 Å². The first-order chi connectivity index (χ1) is 11.1. The first-order valence-corrected chi connectivity index (χ1v) is 8.41. The molecular weight excluding hydrogens is 295 g/mol. The molecule has 5 heteroatoms. The maximum atomic E-state index is 13.3. The number of hydrogen-bond acceptors (Lipinski definition) is 2. The fraction of sp³-hybridized carbons (Fsp3) is 0.556. The number of carbonyl (C=O) groups excluding carboxylic acids is 2. The lowest BCUT2D eigenvalue weighted by atomic mass is 10.1. The van der Waals surface area contributed by atoms with E-state index in [4.69, 9.17) is 0 Å². The second-order valence-electron chi connectivity index (χ2n) is 6.62. The van der Waals surface area contributed by atoms with Gasteiger partial charge < -0.3 is 10.2 Å². The molecule has 2 amide bonds. The highest BCUT2D eigenvalue weighted by Crippen LogP contribution is 2.47. The van der Waals surface area contributed by atoms with Crippen molar-refractivity contribution in [3.8, 4) is 0 Å². The van der Waals surface area contributed by atoms with E-state index >= 15 is 0 Å². The number of hydrogen-bond donors (Lipinski definition) is 1. The van der Waals surface area contributed by atoms with Gasteiger partial charge in [0.2, 0.25) is 11.8 Å². The summed E-state index contributed by atoms with van der Waals surface area (Å²) in [5.74, 6) is -0.447. The zero-order chi connectivity index (χ0) is 16.4. The van der Waals surface area contributed by atoms with E-state index in [9.17, 15) is 14.0 Å². The summed E-state index contributed by atoms with van der Waals surface area (Å²) in [7, 11) is 0. The monoisotopic (exact) mass is 318 g/mol. The number of halogens is 1. The lowest BCUT2D eigenvalue weighted by Gasteiger charge is -2.29. The molecule has 4 nitrogen and oxygen atoms in total. The maximum Gasteiger partial charge on any atom is 0.244 e. The van der Waals surface area contributed by atoms with Gasteiger partial charge in [0.15, 0.2) is 0 Å². The number of likely N-dealkylation sites (tertiary alicyclic amines) is 1. The lowest BCUT2D eigenvalue weighted by molar-refractivity contribution is -0.137. The molecule has 1 saturated carbocycles. The molecule has 0 unspecified atom stereocenters. The minimum Gasteiger partial charge on any atom is -0.344 e. The van der Waals surface area contributed by atoms with Gasteiger partial charge in [-0.2, -0.15) is 0 Å². The minimum atomic E-state index is -0.491. The Hall–Kier alpha value is -1.91. The number of amides is 2. The van der Waals surface area contributed by atoms with Crippen LogP contribution in [0.3, 0.4) is 0 Å². The zero-order valence-corrected chi connectivity index (χ0v) is 13.4. The molecule has 2 aliphatic rings. The summed E-state index contributed by atoms with van der Waals surface area (Å²) in [5, 5.41) is 2.83. The quantitative estimate of drug-likeness (QED) is 0.927. The predicted octanol–water partition coefficient (Wildman–Crippen LogP) is 2.45. The molecule has 3 atom stereocenters. The summed E-state index contributed by atoms with van der Waals surface area (Å²) in [6, 6.07) is 5.92. The van der Waals surface area contributed by atoms with Gasteiger partial charge in [0.05, 0.1) is 0 Å². The molecule has 3 rings (SSSR count). The average molecular weight is 318 g/mol. The largest absolute Gasteiger partial charge is 0.344 e. The lowest BCUT2D eigenvalue weighted by Crippen LogP contribution is -2.48. The SMILES string of the molecule is C[C@H](NC(=O)[C@H]1C[C@@H]1c1cccc(F)c1)C(=O)N1CCCCC1. The van der Waals surface area contributed by atoms with Gasteiger partial charge in [0.1, 0.15) is 11.9 Å². The molecule has 1 aliphatic heterocycles. The average Bonchev–Trinajstić information content (AvgIpc) is 3.35. The molecule has 0 bridgehead atoms. The van der Waals surface area contributed by atoms with Gasteiger partial charge in [-0.1, -0.05) is 12.1 Å². The van der Waals surface area contributed by atoms with Gasteiger partial charge in [0, 0.05) is 19.0 Å². The van der Waals surface area contributed by atoms with Gasteiger partial charge in [-0.05, 0) is 56.2 Å². The fourth-order valence-electron chi connectivity index (χ4n) is 3.36. The van der Waals surface area contributed by atoms with Crippen LogP contribution in [0, 0.1) is 11.7 Å². The van der Waals surface area contributed by atoms with Gasteiger partial charge in [0.25, 0.3) is 0 Å². The van der Waals surface area contributed by atoms with Crippen molar-refractivity contribution in [3.63, 3.8) is 0 Å². The molecule has 0 radical (unpaired) electrons. The summed E-state index contributed by atoms with van der Waals surface area (Å²) >= 11 is 0. The predicted molar refractivity (Wildman–Crippen MR) is 85.3 cm³/mol. The molecular formula is C18H23FN2O2. The highest BCUT2D eigenvalue weighted by molar-refractivity contribution is 5.90. The van der Waals surface area contributed by atoms with E-state index in [2.05, 4.69) is 5.32 Å². The molecule has 1 saturated heterocycles. The summed E-state index contributed by atoms with van der Waals surface area (Å²) < 4.78 is 13.3. The highest BCUT2D eigenvalue weighted by Gasteiger charge is 2.44. The van der Waals surface area contributed by atoms with Crippen LogP contribution in [0.4, 0.5) is 4.39 Å². The standard InChI is InChI=1S/C18H23FN2O2/c1-12(18(23)21-8-3-2-4-9-21)20-17(22)16-11-15(16)13-6-5-7-14(19)10-13/h5-7,10,12,15-16H,2-4,8-9,11H2,1H3,(H,20,22)/t12-,15+,16-/m0/s1. The van der Waals surface area contributed by atoms with E-state index in [0.717, 1.165) is 37.9 Å². The first kappa shape index (κ1) is 16.0. The molecule has 1 aromatic carbocycles. The molecule has 0 aromatic heterocycles. The van der Waals surface area contributed by atoms with Gasteiger partial charge in [-0.15, -0.1) is 0 Å². The minimum absolute atomic E-state index is 0.000931. The number of piperidine rings is 1. The van der Waals surface area contributed by atoms with Gasteiger partial charge >= 0.3 is 0 Å². The smallest absolute Gasteiger partial charge is 0.244 e. The first-order valence-electron chi connectivity index (χ1n) is 8.41. The van der Waals surface area contributed by atoms with E-state index < -0.39 is 6.04 Å². The number of carbonyl (C=O) groups is 2. The molecule has 124 valence electrons. The third kappa shape index (κ3) is 3.71. The Morgan fingerprint density at radius 1 is 1.26 bits per heavy atom. The van der Waals surface area contributed by atoms with Crippen molar-refractivity contribution in [2.45, 2.75) is 44.6 Å². The molecule has 23 heavy (non-hydrogen) atoms. The van der Waals surface area contributed by atoms with E-state index in [-0.39, 0.29) is 29.5 Å². The van der Waals surface area contributed by atoms with E-state index in [1.165, 1.54) is 18.6 Å². The summed E-state index contributed by atoms with van der Waals surface area (Å²) in [6.07, 6.45) is 3.97. The number of nitrogens with one attached hydrogen (secondary N) is 1. The Bertz CT molecular complexity index is 598. The normalized spacial score (nSPS) is 24.9. The molecule has 1 N–H and O–H groups in total. The Balaban J connectivity index is 1.52. The number of benzene rings is 1. The van der Waals surface area contributed by atoms with Crippen molar-refractivity contribution < 1.29 is 14.0 Å². The van der Waals surface area contributed by atoms with Crippen LogP contribution >= 0.6 is 0 Å². The fourth-order valence-corrected chi connectivity index (χ4v) is 3.36. The van der Waals surface area contributed by atoms with Crippen molar-refractivity contribution in [2.24, 2.45) is 5.92 Å². The summed E-state index contributed by atoms with van der Waals surface area (Å²) in [4.78, 5) is 26.5. The van der Waals surface area contributed by atoms with E-state index in [0.29, 0.717) is 0 Å². The summed E-state index contributed by atoms with van der Waals surface area (Å²) in [5.41, 5.74) is 0.861. The van der Waals surface area contributed by atoms with Crippen molar-refractivity contribution in [2.75, 3.05) is 13.1 Å². The van der Waals surface area contributed by atoms with Crippen molar-refractivity contribution in [1.82, 2.24) is 10.2 Å². The Kier molecular flexibility index (Phi) is 4.64. The van der Waals surface area contributed by atoms with Crippen LogP contribution in [0.1, 0.15) is 44.1 Å². The van der Waals surface area contributed by atoms with Crippen LogP contribution in [0.25, 0.3) is 0 Å². The Morgan fingerprint density at radius 2 is 2.00 bits per heavy atom. The zero-order valence-electron chi connectivity index (χ0n) is 13.4. The molecule has 2 fully saturated rings. The van der Waals surface area contributed by atoms with Crippen molar-refractivity contribution >= 4 is 11.8 Å². The Labute approximate surface area is 136 Å². The van der Waals surface area contributed by atoms with Gasteiger partial charge in [-0.3, -0.25) is 9.59 Å². The topological polar surface area (TPSA) is 49.4 Å². The van der Waals surface area contributed by atoms with E-state index in [1.807, 2.05) is 11.0 Å². The second-order valence-corrected chi connectivity index (χ2v) is 6.62. The van der Waals surface area contributed by atoms with Crippen LogP contribution in [-0.2, 0) is 9.59 Å².